The van der Waals surface area contributed by atoms with Crippen molar-refractivity contribution < 1.29 is 14.3 Å². The lowest BCUT2D eigenvalue weighted by Crippen LogP contribution is -2.25. The summed E-state index contributed by atoms with van der Waals surface area (Å²) in [5.41, 5.74) is 3.11. The van der Waals surface area contributed by atoms with Gasteiger partial charge in [-0.1, -0.05) is 84.6 Å². The summed E-state index contributed by atoms with van der Waals surface area (Å²) >= 11 is 6.52. The highest BCUT2D eigenvalue weighted by atomic mass is 32.2. The van der Waals surface area contributed by atoms with E-state index in [2.05, 4.69) is 5.32 Å². The molecule has 0 aliphatic carbocycles. The highest BCUT2D eigenvalue weighted by Gasteiger charge is 2.30. The zero-order valence-electron chi connectivity index (χ0n) is 16.2. The fourth-order valence-corrected chi connectivity index (χ4v) is 4.45. The van der Waals surface area contributed by atoms with Crippen molar-refractivity contribution in [1.29, 1.82) is 0 Å². The van der Waals surface area contributed by atoms with Gasteiger partial charge in [0.1, 0.15) is 29.0 Å². The molecule has 0 bridgehead atoms. The zero-order valence-corrected chi connectivity index (χ0v) is 17.9. The van der Waals surface area contributed by atoms with Crippen molar-refractivity contribution in [3.05, 3.63) is 95.6 Å². The Morgan fingerprint density at radius 3 is 2.10 bits per heavy atom. The molecule has 3 aromatic rings. The first-order chi connectivity index (χ1) is 14.7. The maximum absolute atomic E-state index is 12.2. The molecule has 6 heteroatoms. The lowest BCUT2D eigenvalue weighted by Gasteiger charge is -2.15. The Morgan fingerprint density at radius 2 is 1.50 bits per heavy atom. The number of ether oxygens (including phenoxy) is 2. The molecule has 1 aliphatic rings. The number of carbonyl (C=O) groups excluding carboxylic acids is 1. The Bertz CT molecular complexity index is 1030. The minimum Gasteiger partial charge on any atom is -0.489 e. The van der Waals surface area contributed by atoms with Gasteiger partial charge < -0.3 is 14.8 Å². The van der Waals surface area contributed by atoms with Crippen molar-refractivity contribution in [2.24, 2.45) is 0 Å². The van der Waals surface area contributed by atoms with Crippen LogP contribution in [0.4, 0.5) is 0 Å². The molecule has 4 nitrogen and oxygen atoms in total. The van der Waals surface area contributed by atoms with Crippen LogP contribution in [0.5, 0.6) is 11.5 Å². The molecule has 1 heterocycles. The van der Waals surface area contributed by atoms with E-state index in [4.69, 9.17) is 21.7 Å². The van der Waals surface area contributed by atoms with Gasteiger partial charge in [0.25, 0.3) is 0 Å². The summed E-state index contributed by atoms with van der Waals surface area (Å²) in [5.74, 6) is 1.43. The Balaban J connectivity index is 1.51. The van der Waals surface area contributed by atoms with Crippen LogP contribution in [0.25, 0.3) is 0 Å². The van der Waals surface area contributed by atoms with Crippen molar-refractivity contribution in [3.8, 4) is 11.5 Å². The summed E-state index contributed by atoms with van der Waals surface area (Å²) < 4.78 is 12.6. The van der Waals surface area contributed by atoms with E-state index < -0.39 is 0 Å². The van der Waals surface area contributed by atoms with Gasteiger partial charge in [-0.15, -0.1) is 0 Å². The van der Waals surface area contributed by atoms with Crippen molar-refractivity contribution in [1.82, 2.24) is 5.32 Å². The predicted molar refractivity (Wildman–Crippen MR) is 124 cm³/mol. The molecule has 1 atom stereocenters. The number of thiocarbonyl (C=S) groups is 1. The smallest absolute Gasteiger partial charge is 0.239 e. The van der Waals surface area contributed by atoms with Crippen molar-refractivity contribution in [2.45, 2.75) is 24.9 Å². The number of hydrogen-bond donors (Lipinski definition) is 1. The maximum atomic E-state index is 12.2. The average molecular weight is 436 g/mol. The van der Waals surface area contributed by atoms with E-state index in [1.807, 2.05) is 78.9 Å². The molecule has 0 saturated carbocycles. The van der Waals surface area contributed by atoms with Gasteiger partial charge in [0.2, 0.25) is 5.91 Å². The lowest BCUT2D eigenvalue weighted by atomic mass is 10.1. The van der Waals surface area contributed by atoms with E-state index in [1.165, 1.54) is 11.8 Å². The van der Waals surface area contributed by atoms with Gasteiger partial charge >= 0.3 is 0 Å². The molecule has 1 fully saturated rings. The van der Waals surface area contributed by atoms with Gasteiger partial charge in [0, 0.05) is 0 Å². The van der Waals surface area contributed by atoms with E-state index in [1.54, 1.807) is 0 Å². The number of benzene rings is 3. The first-order valence-corrected chi connectivity index (χ1v) is 10.9. The van der Waals surface area contributed by atoms with Crippen molar-refractivity contribution >= 4 is 34.2 Å². The summed E-state index contributed by atoms with van der Waals surface area (Å²) in [6.07, 6.45) is 0.517. The molecule has 152 valence electrons. The number of thioether (sulfide) groups is 1. The second-order valence-electron chi connectivity index (χ2n) is 6.91. The molecule has 1 amide bonds. The van der Waals surface area contributed by atoms with Crippen LogP contribution in [-0.4, -0.2) is 15.5 Å². The molecule has 1 N–H and O–H groups in total. The second-order valence-corrected chi connectivity index (χ2v) is 8.79. The molecule has 0 spiro atoms. The fraction of sp³-hybridized carbons (Fsp3) is 0.167. The van der Waals surface area contributed by atoms with Crippen LogP contribution in [0.3, 0.4) is 0 Å². The summed E-state index contributed by atoms with van der Waals surface area (Å²) in [5, 5.41) is 2.45. The molecule has 0 radical (unpaired) electrons. The quantitative estimate of drug-likeness (QED) is 0.510. The van der Waals surface area contributed by atoms with E-state index >= 15 is 0 Å². The molecule has 30 heavy (non-hydrogen) atoms. The van der Waals surface area contributed by atoms with E-state index in [0.29, 0.717) is 24.0 Å². The number of carbonyl (C=O) groups is 1. The van der Waals surface area contributed by atoms with Gasteiger partial charge in [0.05, 0.1) is 5.25 Å². The van der Waals surface area contributed by atoms with Crippen LogP contribution in [-0.2, 0) is 24.4 Å². The van der Waals surface area contributed by atoms with Crippen LogP contribution < -0.4 is 14.8 Å². The topological polar surface area (TPSA) is 47.6 Å². The Morgan fingerprint density at radius 1 is 0.867 bits per heavy atom. The van der Waals surface area contributed by atoms with Crippen molar-refractivity contribution in [3.63, 3.8) is 0 Å². The molecule has 0 aromatic heterocycles. The zero-order chi connectivity index (χ0) is 20.8. The minimum atomic E-state index is -0.263. The Kier molecular flexibility index (Phi) is 6.67. The van der Waals surface area contributed by atoms with Gasteiger partial charge in [0.15, 0.2) is 0 Å². The minimum absolute atomic E-state index is 0.0605. The number of amides is 1. The van der Waals surface area contributed by atoms with Crippen LogP contribution in [0.2, 0.25) is 0 Å². The molecule has 1 saturated heterocycles. The predicted octanol–water partition coefficient (Wildman–Crippen LogP) is 4.90. The highest BCUT2D eigenvalue weighted by molar-refractivity contribution is 8.24. The lowest BCUT2D eigenvalue weighted by molar-refractivity contribution is -0.118. The maximum Gasteiger partial charge on any atom is 0.239 e. The van der Waals surface area contributed by atoms with Gasteiger partial charge in [-0.3, -0.25) is 4.79 Å². The molecule has 3 aromatic carbocycles. The third-order valence-corrected chi connectivity index (χ3v) is 6.06. The number of hydrogen-bond acceptors (Lipinski definition) is 5. The second kappa shape index (κ2) is 9.78. The summed E-state index contributed by atoms with van der Waals surface area (Å²) in [4.78, 5) is 12.2. The van der Waals surface area contributed by atoms with Crippen LogP contribution >= 0.6 is 24.0 Å². The highest BCUT2D eigenvalue weighted by Crippen LogP contribution is 2.31. The summed E-state index contributed by atoms with van der Waals surface area (Å²) in [6.45, 7) is 0.938. The third-order valence-electron chi connectivity index (χ3n) is 4.69. The molecule has 4 rings (SSSR count). The largest absolute Gasteiger partial charge is 0.489 e. The Hall–Kier alpha value is -2.83. The van der Waals surface area contributed by atoms with Gasteiger partial charge in [-0.05, 0) is 41.3 Å². The Labute approximate surface area is 185 Å². The van der Waals surface area contributed by atoms with Crippen LogP contribution in [0.1, 0.15) is 16.7 Å². The van der Waals surface area contributed by atoms with Gasteiger partial charge in [-0.2, -0.15) is 0 Å². The monoisotopic (exact) mass is 435 g/mol. The van der Waals surface area contributed by atoms with E-state index in [0.717, 1.165) is 28.2 Å². The number of rotatable bonds is 8. The third kappa shape index (κ3) is 5.40. The summed E-state index contributed by atoms with van der Waals surface area (Å²) in [7, 11) is 0. The molecule has 1 aliphatic heterocycles. The molecule has 1 unspecified atom stereocenters. The van der Waals surface area contributed by atoms with Gasteiger partial charge in [-0.25, -0.2) is 0 Å². The number of nitrogens with one attached hydrogen (secondary N) is 1. The van der Waals surface area contributed by atoms with Crippen LogP contribution in [0.15, 0.2) is 78.9 Å². The first-order valence-electron chi connectivity index (χ1n) is 9.65. The van der Waals surface area contributed by atoms with E-state index in [9.17, 15) is 4.79 Å². The average Bonchev–Trinajstić information content (AvgIpc) is 3.09. The fourth-order valence-electron chi connectivity index (χ4n) is 3.15. The summed E-state index contributed by atoms with van der Waals surface area (Å²) in [6, 6.07) is 25.8. The molecular formula is C24H21NO3S2. The normalized spacial score (nSPS) is 15.7. The van der Waals surface area contributed by atoms with Crippen molar-refractivity contribution in [2.75, 3.05) is 0 Å². The van der Waals surface area contributed by atoms with Crippen LogP contribution in [0, 0.1) is 0 Å². The standard InChI is InChI=1S/C24H21NO3S2/c26-23-22(30-24(29)25-23)14-19-13-20(27-15-17-7-3-1-4-8-17)11-12-21(19)28-16-18-9-5-2-6-10-18/h1-13,22H,14-16H2,(H,25,26,29). The van der Waals surface area contributed by atoms with E-state index in [-0.39, 0.29) is 11.2 Å². The molecular weight excluding hydrogens is 414 g/mol. The first kappa shape index (κ1) is 20.4. The SMILES string of the molecule is O=C1NC(=S)SC1Cc1cc(OCc2ccccc2)ccc1OCc1ccccc1.